The molecular weight excluding hydrogens is 363 g/mol. The van der Waals surface area contributed by atoms with Crippen molar-refractivity contribution in [1.29, 1.82) is 0 Å². The fraction of sp³-hybridized carbons (Fsp3) is 0.167. The van der Waals surface area contributed by atoms with Gasteiger partial charge in [0.15, 0.2) is 0 Å². The summed E-state index contributed by atoms with van der Waals surface area (Å²) in [6.45, 7) is 2.52. The number of nitrogens with zero attached hydrogens (tertiary/aromatic N) is 4. The SMILES string of the molecule is CN1CCN(c2cc(F)c3ccccc3c2)c2ccc(-c3cccnn3)cc2C1. The number of aromatic nitrogens is 2. The predicted octanol–water partition coefficient (Wildman–Crippen LogP) is 5.02. The maximum atomic E-state index is 14.8. The van der Waals surface area contributed by atoms with Crippen LogP contribution in [0.2, 0.25) is 0 Å². The zero-order chi connectivity index (χ0) is 19.8. The highest BCUT2D eigenvalue weighted by atomic mass is 19.1. The van der Waals surface area contributed by atoms with Crippen molar-refractivity contribution in [2.45, 2.75) is 6.54 Å². The smallest absolute Gasteiger partial charge is 0.133 e. The quantitative estimate of drug-likeness (QED) is 0.486. The van der Waals surface area contributed by atoms with E-state index in [1.165, 1.54) is 5.56 Å². The Morgan fingerprint density at radius 2 is 1.83 bits per heavy atom. The molecule has 0 saturated carbocycles. The van der Waals surface area contributed by atoms with Crippen LogP contribution in [0.25, 0.3) is 22.0 Å². The van der Waals surface area contributed by atoms with E-state index in [4.69, 9.17) is 0 Å². The average Bonchev–Trinajstić information content (AvgIpc) is 2.92. The second-order valence-corrected chi connectivity index (χ2v) is 7.49. The summed E-state index contributed by atoms with van der Waals surface area (Å²) in [5.41, 5.74) is 5.07. The lowest BCUT2D eigenvalue weighted by molar-refractivity contribution is 0.343. The molecule has 5 heteroatoms. The van der Waals surface area contributed by atoms with E-state index in [-0.39, 0.29) is 5.82 Å². The molecule has 144 valence electrons. The van der Waals surface area contributed by atoms with E-state index in [1.54, 1.807) is 12.3 Å². The number of anilines is 2. The van der Waals surface area contributed by atoms with Crippen LogP contribution in [0.4, 0.5) is 15.8 Å². The molecule has 0 unspecified atom stereocenters. The average molecular weight is 384 g/mol. The second-order valence-electron chi connectivity index (χ2n) is 7.49. The Balaban J connectivity index is 1.63. The van der Waals surface area contributed by atoms with Gasteiger partial charge in [-0.25, -0.2) is 4.39 Å². The third-order valence-electron chi connectivity index (χ3n) is 5.49. The standard InChI is InChI=1S/C24H21FN4/c1-28-11-12-29(20-14-17-5-2-3-6-21(17)22(25)15-20)24-9-8-18(13-19(24)16-28)23-7-4-10-26-27-23/h2-10,13-15H,11-12,16H2,1H3. The number of rotatable bonds is 2. The number of likely N-dealkylation sites (N-methyl/N-ethyl adjacent to an activating group) is 1. The fourth-order valence-corrected chi connectivity index (χ4v) is 4.02. The lowest BCUT2D eigenvalue weighted by Crippen LogP contribution is -2.26. The van der Waals surface area contributed by atoms with Crippen LogP contribution in [0.3, 0.4) is 0 Å². The lowest BCUT2D eigenvalue weighted by atomic mass is 10.0. The molecule has 0 saturated heterocycles. The van der Waals surface area contributed by atoms with Crippen LogP contribution in [0.1, 0.15) is 5.56 Å². The maximum Gasteiger partial charge on any atom is 0.133 e. The van der Waals surface area contributed by atoms with Crippen LogP contribution < -0.4 is 4.90 Å². The minimum absolute atomic E-state index is 0.187. The Morgan fingerprint density at radius 1 is 0.931 bits per heavy atom. The number of hydrogen-bond donors (Lipinski definition) is 0. The molecule has 0 spiro atoms. The molecule has 0 amide bonds. The molecule has 0 atom stereocenters. The molecule has 0 radical (unpaired) electrons. The zero-order valence-electron chi connectivity index (χ0n) is 16.2. The van der Waals surface area contributed by atoms with E-state index in [2.05, 4.69) is 51.3 Å². The Morgan fingerprint density at radius 3 is 2.69 bits per heavy atom. The lowest BCUT2D eigenvalue weighted by Gasteiger charge is -2.26. The highest BCUT2D eigenvalue weighted by Gasteiger charge is 2.21. The van der Waals surface area contributed by atoms with Crippen LogP contribution in [-0.4, -0.2) is 35.2 Å². The minimum atomic E-state index is -0.187. The van der Waals surface area contributed by atoms with Gasteiger partial charge in [0.1, 0.15) is 5.82 Å². The van der Waals surface area contributed by atoms with E-state index in [0.29, 0.717) is 5.39 Å². The van der Waals surface area contributed by atoms with Crippen LogP contribution in [-0.2, 0) is 6.54 Å². The Hall–Kier alpha value is -3.31. The second kappa shape index (κ2) is 7.26. The highest BCUT2D eigenvalue weighted by molar-refractivity contribution is 5.88. The van der Waals surface area contributed by atoms with E-state index in [1.807, 2.05) is 36.4 Å². The summed E-state index contributed by atoms with van der Waals surface area (Å²) in [4.78, 5) is 4.51. The molecule has 4 aromatic rings. The van der Waals surface area contributed by atoms with Crippen LogP contribution in [0.15, 0.2) is 72.9 Å². The van der Waals surface area contributed by atoms with Crippen molar-refractivity contribution in [2.75, 3.05) is 25.0 Å². The van der Waals surface area contributed by atoms with Crippen molar-refractivity contribution < 1.29 is 4.39 Å². The molecule has 5 rings (SSSR count). The number of fused-ring (bicyclic) bond motifs is 2. The summed E-state index contributed by atoms with van der Waals surface area (Å²) in [7, 11) is 2.11. The van der Waals surface area contributed by atoms with Gasteiger partial charge in [-0.05, 0) is 54.4 Å². The minimum Gasteiger partial charge on any atom is -0.340 e. The van der Waals surface area contributed by atoms with E-state index < -0.39 is 0 Å². The monoisotopic (exact) mass is 384 g/mol. The fourth-order valence-electron chi connectivity index (χ4n) is 4.02. The van der Waals surface area contributed by atoms with Crippen molar-refractivity contribution >= 4 is 22.1 Å². The summed E-state index contributed by atoms with van der Waals surface area (Å²) < 4.78 is 14.8. The highest BCUT2D eigenvalue weighted by Crippen LogP contribution is 2.36. The van der Waals surface area contributed by atoms with Gasteiger partial charge in [0.25, 0.3) is 0 Å². The normalized spacial score (nSPS) is 14.6. The molecule has 0 fully saturated rings. The van der Waals surface area contributed by atoms with E-state index in [0.717, 1.165) is 47.7 Å². The molecule has 0 N–H and O–H groups in total. The number of hydrogen-bond acceptors (Lipinski definition) is 4. The summed E-state index contributed by atoms with van der Waals surface area (Å²) >= 11 is 0. The number of halogens is 1. The summed E-state index contributed by atoms with van der Waals surface area (Å²) in [6, 6.07) is 21.5. The first-order valence-corrected chi connectivity index (χ1v) is 9.74. The van der Waals surface area contributed by atoms with Crippen molar-refractivity contribution in [2.24, 2.45) is 0 Å². The molecular formula is C24H21FN4. The van der Waals surface area contributed by atoms with E-state index in [9.17, 15) is 4.39 Å². The molecule has 0 aliphatic carbocycles. The van der Waals surface area contributed by atoms with E-state index >= 15 is 0 Å². The van der Waals surface area contributed by atoms with Gasteiger partial charge in [0.05, 0.1) is 5.69 Å². The van der Waals surface area contributed by atoms with Crippen LogP contribution in [0, 0.1) is 5.82 Å². The van der Waals surface area contributed by atoms with Gasteiger partial charge >= 0.3 is 0 Å². The molecule has 1 aliphatic heterocycles. The van der Waals surface area contributed by atoms with Crippen molar-refractivity contribution in [3.63, 3.8) is 0 Å². The topological polar surface area (TPSA) is 32.3 Å². The predicted molar refractivity (Wildman–Crippen MR) is 115 cm³/mol. The number of benzene rings is 3. The summed E-state index contributed by atoms with van der Waals surface area (Å²) in [5, 5.41) is 9.80. The molecule has 0 bridgehead atoms. The Labute approximate surface area is 169 Å². The Kier molecular flexibility index (Phi) is 4.45. The first kappa shape index (κ1) is 17.8. The molecule has 2 heterocycles. The first-order chi connectivity index (χ1) is 14.2. The molecule has 1 aliphatic rings. The molecule has 29 heavy (non-hydrogen) atoms. The van der Waals surface area contributed by atoms with Gasteiger partial charge in [-0.15, -0.1) is 0 Å². The summed E-state index contributed by atoms with van der Waals surface area (Å²) in [6.07, 6.45) is 1.68. The third kappa shape index (κ3) is 3.34. The third-order valence-corrected chi connectivity index (χ3v) is 5.49. The molecule has 3 aromatic carbocycles. The largest absolute Gasteiger partial charge is 0.340 e. The van der Waals surface area contributed by atoms with Crippen molar-refractivity contribution in [1.82, 2.24) is 15.1 Å². The first-order valence-electron chi connectivity index (χ1n) is 9.74. The van der Waals surface area contributed by atoms with Gasteiger partial charge in [0, 0.05) is 48.2 Å². The van der Waals surface area contributed by atoms with Crippen molar-refractivity contribution in [3.8, 4) is 11.3 Å². The maximum absolute atomic E-state index is 14.8. The molecule has 1 aromatic heterocycles. The van der Waals surface area contributed by atoms with Crippen LogP contribution >= 0.6 is 0 Å². The zero-order valence-corrected chi connectivity index (χ0v) is 16.2. The summed E-state index contributed by atoms with van der Waals surface area (Å²) in [5.74, 6) is -0.187. The van der Waals surface area contributed by atoms with Crippen LogP contribution in [0.5, 0.6) is 0 Å². The van der Waals surface area contributed by atoms with Crippen molar-refractivity contribution in [3.05, 3.63) is 84.3 Å². The van der Waals surface area contributed by atoms with Gasteiger partial charge in [0.2, 0.25) is 0 Å². The Bertz CT molecular complexity index is 1180. The van der Waals surface area contributed by atoms with Gasteiger partial charge in [-0.2, -0.15) is 10.2 Å². The van der Waals surface area contributed by atoms with Gasteiger partial charge in [-0.3, -0.25) is 0 Å². The molecule has 4 nitrogen and oxygen atoms in total. The van der Waals surface area contributed by atoms with Gasteiger partial charge in [-0.1, -0.05) is 30.3 Å². The van der Waals surface area contributed by atoms with Gasteiger partial charge < -0.3 is 9.80 Å².